The zero-order valence-corrected chi connectivity index (χ0v) is 11.9. The molecule has 0 aliphatic carbocycles. The van der Waals surface area contributed by atoms with Crippen LogP contribution in [0.5, 0.6) is 0 Å². The number of halogens is 1. The van der Waals surface area contributed by atoms with Crippen molar-refractivity contribution in [3.63, 3.8) is 0 Å². The number of rotatable bonds is 1. The van der Waals surface area contributed by atoms with E-state index in [0.717, 1.165) is 4.47 Å². The lowest BCUT2D eigenvalue weighted by Gasteiger charge is -2.17. The van der Waals surface area contributed by atoms with Gasteiger partial charge in [-0.25, -0.2) is 0 Å². The SMILES string of the molecule is C[Si](C)(C)c1ccc2cc(Br)ccc2c1. The Morgan fingerprint density at radius 2 is 1.47 bits per heavy atom. The maximum Gasteiger partial charge on any atom is 0.0776 e. The molecule has 0 amide bonds. The molecule has 0 radical (unpaired) electrons. The van der Waals surface area contributed by atoms with Gasteiger partial charge in [-0.15, -0.1) is 0 Å². The summed E-state index contributed by atoms with van der Waals surface area (Å²) in [5, 5.41) is 4.18. The van der Waals surface area contributed by atoms with E-state index in [1.54, 1.807) is 0 Å². The Balaban J connectivity index is 2.62. The van der Waals surface area contributed by atoms with Crippen LogP contribution in [0.4, 0.5) is 0 Å². The van der Waals surface area contributed by atoms with Gasteiger partial charge < -0.3 is 0 Å². The van der Waals surface area contributed by atoms with E-state index >= 15 is 0 Å². The molecule has 0 spiro atoms. The zero-order chi connectivity index (χ0) is 11.1. The van der Waals surface area contributed by atoms with Crippen molar-refractivity contribution in [1.29, 1.82) is 0 Å². The van der Waals surface area contributed by atoms with Crippen LogP contribution in [0.2, 0.25) is 19.6 Å². The molecule has 0 bridgehead atoms. The minimum atomic E-state index is -1.18. The van der Waals surface area contributed by atoms with Crippen LogP contribution in [0, 0.1) is 0 Å². The fraction of sp³-hybridized carbons (Fsp3) is 0.231. The van der Waals surface area contributed by atoms with Crippen molar-refractivity contribution >= 4 is 40.0 Å². The van der Waals surface area contributed by atoms with Crippen molar-refractivity contribution in [2.24, 2.45) is 0 Å². The molecule has 15 heavy (non-hydrogen) atoms. The van der Waals surface area contributed by atoms with Crippen molar-refractivity contribution < 1.29 is 0 Å². The van der Waals surface area contributed by atoms with Crippen molar-refractivity contribution in [2.45, 2.75) is 19.6 Å². The van der Waals surface area contributed by atoms with Crippen molar-refractivity contribution in [3.05, 3.63) is 40.9 Å². The normalized spacial score (nSPS) is 12.0. The van der Waals surface area contributed by atoms with Crippen LogP contribution in [0.25, 0.3) is 10.8 Å². The molecule has 0 fully saturated rings. The first-order valence-electron chi connectivity index (χ1n) is 5.17. The van der Waals surface area contributed by atoms with Gasteiger partial charge >= 0.3 is 0 Å². The maximum absolute atomic E-state index is 3.50. The van der Waals surface area contributed by atoms with Gasteiger partial charge in [0.2, 0.25) is 0 Å². The molecule has 0 saturated heterocycles. The third kappa shape index (κ3) is 2.32. The predicted octanol–water partition coefficient (Wildman–Crippen LogP) is 4.15. The van der Waals surface area contributed by atoms with Gasteiger partial charge in [-0.1, -0.05) is 65.0 Å². The van der Waals surface area contributed by atoms with Crippen LogP contribution in [0.1, 0.15) is 0 Å². The average molecular weight is 279 g/mol. The summed E-state index contributed by atoms with van der Waals surface area (Å²) in [4.78, 5) is 0. The van der Waals surface area contributed by atoms with Gasteiger partial charge in [0, 0.05) is 4.47 Å². The third-order valence-electron chi connectivity index (χ3n) is 2.67. The minimum Gasteiger partial charge on any atom is -0.0656 e. The summed E-state index contributed by atoms with van der Waals surface area (Å²) in [7, 11) is -1.18. The monoisotopic (exact) mass is 278 g/mol. The lowest BCUT2D eigenvalue weighted by Crippen LogP contribution is -2.37. The number of benzene rings is 2. The van der Waals surface area contributed by atoms with Crippen LogP contribution in [-0.2, 0) is 0 Å². The molecule has 0 aliphatic heterocycles. The lowest BCUT2D eigenvalue weighted by atomic mass is 10.1. The van der Waals surface area contributed by atoms with E-state index in [9.17, 15) is 0 Å². The summed E-state index contributed by atoms with van der Waals surface area (Å²) >= 11 is 3.50. The summed E-state index contributed by atoms with van der Waals surface area (Å²) in [6.45, 7) is 7.15. The van der Waals surface area contributed by atoms with Gasteiger partial charge in [0.05, 0.1) is 8.07 Å². The first kappa shape index (κ1) is 10.9. The molecule has 2 aromatic carbocycles. The molecule has 2 aromatic rings. The molecule has 0 nitrogen and oxygen atoms in total. The molecule has 78 valence electrons. The predicted molar refractivity (Wildman–Crippen MR) is 74.6 cm³/mol. The summed E-state index contributed by atoms with van der Waals surface area (Å²) in [6, 6.07) is 13.3. The fourth-order valence-electron chi connectivity index (χ4n) is 1.68. The van der Waals surface area contributed by atoms with Gasteiger partial charge in [0.25, 0.3) is 0 Å². The van der Waals surface area contributed by atoms with Crippen molar-refractivity contribution in [2.75, 3.05) is 0 Å². The second kappa shape index (κ2) is 3.76. The van der Waals surface area contributed by atoms with Crippen LogP contribution in [0.15, 0.2) is 40.9 Å². The molecule has 0 aliphatic rings. The molecule has 0 heterocycles. The molecular formula is C13H15BrSi. The van der Waals surface area contributed by atoms with E-state index in [-0.39, 0.29) is 0 Å². The molecule has 0 unspecified atom stereocenters. The molecule has 0 atom stereocenters. The number of hydrogen-bond acceptors (Lipinski definition) is 0. The highest BCUT2D eigenvalue weighted by atomic mass is 79.9. The third-order valence-corrected chi connectivity index (χ3v) is 5.20. The summed E-state index contributed by atoms with van der Waals surface area (Å²) in [6.07, 6.45) is 0. The molecule has 0 aromatic heterocycles. The smallest absolute Gasteiger partial charge is 0.0656 e. The Morgan fingerprint density at radius 3 is 2.13 bits per heavy atom. The Labute approximate surface area is 100 Å². The van der Waals surface area contributed by atoms with E-state index in [4.69, 9.17) is 0 Å². The summed E-state index contributed by atoms with van der Waals surface area (Å²) in [5.74, 6) is 0. The lowest BCUT2D eigenvalue weighted by molar-refractivity contribution is 1.69. The van der Waals surface area contributed by atoms with Gasteiger partial charge in [0.15, 0.2) is 0 Å². The van der Waals surface area contributed by atoms with E-state index in [2.05, 4.69) is 72.0 Å². The Morgan fingerprint density at radius 1 is 0.867 bits per heavy atom. The van der Waals surface area contributed by atoms with Crippen LogP contribution in [-0.4, -0.2) is 8.07 Å². The Bertz CT molecular complexity index is 497. The van der Waals surface area contributed by atoms with Gasteiger partial charge in [-0.2, -0.15) is 0 Å². The Hall–Kier alpha value is -0.603. The standard InChI is InChI=1S/C13H15BrSi/c1-15(2,3)13-7-5-10-8-12(14)6-4-11(10)9-13/h4-9H,1-3H3. The van der Waals surface area contributed by atoms with Crippen molar-refractivity contribution in [3.8, 4) is 0 Å². The van der Waals surface area contributed by atoms with Crippen LogP contribution in [0.3, 0.4) is 0 Å². The summed E-state index contributed by atoms with van der Waals surface area (Å²) in [5.41, 5.74) is 0. The van der Waals surface area contributed by atoms with Crippen LogP contribution >= 0.6 is 15.9 Å². The number of hydrogen-bond donors (Lipinski definition) is 0. The number of fused-ring (bicyclic) bond motifs is 1. The van der Waals surface area contributed by atoms with Gasteiger partial charge in [-0.05, 0) is 22.9 Å². The van der Waals surface area contributed by atoms with E-state index in [1.165, 1.54) is 16.0 Å². The van der Waals surface area contributed by atoms with Crippen molar-refractivity contribution in [1.82, 2.24) is 0 Å². The first-order chi connectivity index (χ1) is 6.97. The average Bonchev–Trinajstić information content (AvgIpc) is 2.15. The topological polar surface area (TPSA) is 0 Å². The second-order valence-corrected chi connectivity index (χ2v) is 10.9. The molecule has 0 N–H and O–H groups in total. The maximum atomic E-state index is 3.50. The highest BCUT2D eigenvalue weighted by Crippen LogP contribution is 2.19. The van der Waals surface area contributed by atoms with Gasteiger partial charge in [0.1, 0.15) is 0 Å². The van der Waals surface area contributed by atoms with E-state index < -0.39 is 8.07 Å². The largest absolute Gasteiger partial charge is 0.0776 e. The second-order valence-electron chi connectivity index (χ2n) is 4.96. The molecule has 2 rings (SSSR count). The van der Waals surface area contributed by atoms with E-state index in [0.29, 0.717) is 0 Å². The summed E-state index contributed by atoms with van der Waals surface area (Å²) < 4.78 is 1.15. The highest BCUT2D eigenvalue weighted by Gasteiger charge is 2.15. The minimum absolute atomic E-state index is 1.15. The quantitative estimate of drug-likeness (QED) is 0.688. The highest BCUT2D eigenvalue weighted by molar-refractivity contribution is 9.10. The van der Waals surface area contributed by atoms with Crippen LogP contribution < -0.4 is 5.19 Å². The fourth-order valence-corrected chi connectivity index (χ4v) is 3.23. The Kier molecular flexibility index (Phi) is 2.73. The molecule has 2 heteroatoms. The van der Waals surface area contributed by atoms with Gasteiger partial charge in [-0.3, -0.25) is 0 Å². The molecule has 0 saturated carbocycles. The first-order valence-corrected chi connectivity index (χ1v) is 9.46. The van der Waals surface area contributed by atoms with E-state index in [1.807, 2.05) is 0 Å². The molecular weight excluding hydrogens is 264 g/mol. The zero-order valence-electron chi connectivity index (χ0n) is 9.34.